The molecule has 0 aliphatic carbocycles. The first-order chi connectivity index (χ1) is 12.7. The summed E-state index contributed by atoms with van der Waals surface area (Å²) in [4.78, 5) is 15.0. The van der Waals surface area contributed by atoms with Crippen LogP contribution in [-0.2, 0) is 4.74 Å². The fourth-order valence-electron chi connectivity index (χ4n) is 3.75. The van der Waals surface area contributed by atoms with Gasteiger partial charge < -0.3 is 15.0 Å². The van der Waals surface area contributed by atoms with Crippen molar-refractivity contribution in [1.82, 2.24) is 25.2 Å². The smallest absolute Gasteiger partial charge is 0.276 e. The number of nitrogens with zero attached hydrogens (tertiary/aromatic N) is 4. The third kappa shape index (κ3) is 3.50. The molecule has 1 aromatic heterocycles. The van der Waals surface area contributed by atoms with E-state index in [2.05, 4.69) is 15.6 Å². The summed E-state index contributed by atoms with van der Waals surface area (Å²) in [5, 5.41) is 11.8. The Labute approximate surface area is 153 Å². The first kappa shape index (κ1) is 17.2. The molecule has 2 unspecified atom stereocenters. The third-order valence-corrected chi connectivity index (χ3v) is 5.23. The van der Waals surface area contributed by atoms with Gasteiger partial charge in [-0.05, 0) is 38.4 Å². The Morgan fingerprint density at radius 2 is 2.00 bits per heavy atom. The second-order valence-corrected chi connectivity index (χ2v) is 7.09. The van der Waals surface area contributed by atoms with Gasteiger partial charge in [0.2, 0.25) is 0 Å². The number of carbonyl (C=O) groups is 1. The predicted molar refractivity (Wildman–Crippen MR) is 96.8 cm³/mol. The van der Waals surface area contributed by atoms with Crippen molar-refractivity contribution in [1.29, 1.82) is 0 Å². The molecule has 26 heavy (non-hydrogen) atoms. The number of hydrogen-bond acceptors (Lipinski definition) is 5. The molecule has 2 aliphatic heterocycles. The zero-order chi connectivity index (χ0) is 17.9. The van der Waals surface area contributed by atoms with Gasteiger partial charge in [-0.25, -0.2) is 4.68 Å². The number of piperidine rings is 1. The number of nitrogens with one attached hydrogen (secondary N) is 1. The molecule has 0 spiro atoms. The summed E-state index contributed by atoms with van der Waals surface area (Å²) in [6.07, 6.45) is 3.84. The number of aromatic nitrogens is 3. The van der Waals surface area contributed by atoms with Crippen LogP contribution < -0.4 is 5.32 Å². The summed E-state index contributed by atoms with van der Waals surface area (Å²) in [6.45, 7) is 5.00. The fourth-order valence-corrected chi connectivity index (χ4v) is 3.75. The van der Waals surface area contributed by atoms with Crippen molar-refractivity contribution in [3.8, 4) is 0 Å². The minimum absolute atomic E-state index is 0.0124. The Morgan fingerprint density at radius 1 is 1.23 bits per heavy atom. The highest BCUT2D eigenvalue weighted by Crippen LogP contribution is 2.28. The van der Waals surface area contributed by atoms with Crippen LogP contribution in [0, 0.1) is 0 Å². The Morgan fingerprint density at radius 3 is 2.77 bits per heavy atom. The molecule has 0 saturated carbocycles. The highest BCUT2D eigenvalue weighted by molar-refractivity contribution is 5.92. The van der Waals surface area contributed by atoms with Crippen molar-refractivity contribution in [3.63, 3.8) is 0 Å². The van der Waals surface area contributed by atoms with Crippen LogP contribution in [0.4, 0.5) is 0 Å². The fraction of sp³-hybridized carbons (Fsp3) is 0.526. The lowest BCUT2D eigenvalue weighted by molar-refractivity contribution is -0.0449. The SMILES string of the molecule is CC1CN(C(=O)c2cn(C3CCNCC3)nn2)C(c2ccccc2)CO1. The van der Waals surface area contributed by atoms with Crippen molar-refractivity contribution >= 4 is 5.91 Å². The molecule has 1 N–H and O–H groups in total. The first-order valence-electron chi connectivity index (χ1n) is 9.32. The monoisotopic (exact) mass is 355 g/mol. The molecule has 7 nitrogen and oxygen atoms in total. The van der Waals surface area contributed by atoms with E-state index in [9.17, 15) is 4.79 Å². The van der Waals surface area contributed by atoms with E-state index in [0.717, 1.165) is 31.5 Å². The average molecular weight is 355 g/mol. The summed E-state index contributed by atoms with van der Waals surface area (Å²) in [5.74, 6) is -0.0748. The van der Waals surface area contributed by atoms with E-state index >= 15 is 0 Å². The van der Waals surface area contributed by atoms with E-state index in [1.807, 2.05) is 46.8 Å². The van der Waals surface area contributed by atoms with E-state index in [-0.39, 0.29) is 18.1 Å². The summed E-state index contributed by atoms with van der Waals surface area (Å²) in [6, 6.07) is 10.3. The van der Waals surface area contributed by atoms with Gasteiger partial charge in [-0.1, -0.05) is 35.5 Å². The van der Waals surface area contributed by atoms with Crippen molar-refractivity contribution in [2.75, 3.05) is 26.2 Å². The van der Waals surface area contributed by atoms with Gasteiger partial charge in [0.15, 0.2) is 5.69 Å². The first-order valence-corrected chi connectivity index (χ1v) is 9.32. The van der Waals surface area contributed by atoms with Gasteiger partial charge in [0.05, 0.1) is 31.0 Å². The number of rotatable bonds is 3. The van der Waals surface area contributed by atoms with E-state index in [4.69, 9.17) is 4.74 Å². The topological polar surface area (TPSA) is 72.3 Å². The van der Waals surface area contributed by atoms with Gasteiger partial charge >= 0.3 is 0 Å². The molecule has 4 rings (SSSR count). The number of hydrogen-bond donors (Lipinski definition) is 1. The zero-order valence-corrected chi connectivity index (χ0v) is 15.0. The maximum Gasteiger partial charge on any atom is 0.276 e. The quantitative estimate of drug-likeness (QED) is 0.909. The average Bonchev–Trinajstić information content (AvgIpc) is 3.19. The van der Waals surface area contributed by atoms with Crippen LogP contribution >= 0.6 is 0 Å². The van der Waals surface area contributed by atoms with Crippen molar-refractivity contribution < 1.29 is 9.53 Å². The van der Waals surface area contributed by atoms with Gasteiger partial charge in [-0.15, -0.1) is 5.10 Å². The number of amides is 1. The number of carbonyl (C=O) groups excluding carboxylic acids is 1. The number of ether oxygens (including phenoxy) is 1. The van der Waals surface area contributed by atoms with Crippen LogP contribution in [0.2, 0.25) is 0 Å². The molecule has 138 valence electrons. The molecule has 2 fully saturated rings. The van der Waals surface area contributed by atoms with Crippen LogP contribution in [0.1, 0.15) is 47.9 Å². The lowest BCUT2D eigenvalue weighted by Gasteiger charge is -2.38. The molecule has 2 aromatic rings. The molecule has 2 saturated heterocycles. The standard InChI is InChI=1S/C19H25N5O2/c1-14-11-23(18(13-26-14)15-5-3-2-4-6-15)19(25)17-12-24(22-21-17)16-7-9-20-10-8-16/h2-6,12,14,16,18,20H,7-11,13H2,1H3. The van der Waals surface area contributed by atoms with Gasteiger partial charge in [0, 0.05) is 6.54 Å². The Hall–Kier alpha value is -2.25. The summed E-state index contributed by atoms with van der Waals surface area (Å²) >= 11 is 0. The summed E-state index contributed by atoms with van der Waals surface area (Å²) < 4.78 is 7.68. The van der Waals surface area contributed by atoms with Crippen molar-refractivity contribution in [2.45, 2.75) is 38.0 Å². The minimum Gasteiger partial charge on any atom is -0.374 e. The predicted octanol–water partition coefficient (Wildman–Crippen LogP) is 1.80. The van der Waals surface area contributed by atoms with Crippen LogP contribution in [0.25, 0.3) is 0 Å². The van der Waals surface area contributed by atoms with Gasteiger partial charge in [-0.3, -0.25) is 4.79 Å². The van der Waals surface area contributed by atoms with Crippen molar-refractivity contribution in [3.05, 3.63) is 47.8 Å². The second-order valence-electron chi connectivity index (χ2n) is 7.09. The Balaban J connectivity index is 1.55. The Kier molecular flexibility index (Phi) is 4.99. The molecule has 2 atom stereocenters. The highest BCUT2D eigenvalue weighted by Gasteiger charge is 2.33. The molecular weight excluding hydrogens is 330 g/mol. The van der Waals surface area contributed by atoms with E-state index in [1.165, 1.54) is 0 Å². The third-order valence-electron chi connectivity index (χ3n) is 5.23. The van der Waals surface area contributed by atoms with Crippen LogP contribution in [0.5, 0.6) is 0 Å². The largest absolute Gasteiger partial charge is 0.374 e. The molecule has 7 heteroatoms. The van der Waals surface area contributed by atoms with Gasteiger partial charge in [0.25, 0.3) is 5.91 Å². The molecule has 1 amide bonds. The maximum absolute atomic E-state index is 13.2. The van der Waals surface area contributed by atoms with Crippen LogP contribution in [0.3, 0.4) is 0 Å². The van der Waals surface area contributed by atoms with Crippen LogP contribution in [-0.4, -0.2) is 58.1 Å². The molecule has 0 radical (unpaired) electrons. The lowest BCUT2D eigenvalue weighted by Crippen LogP contribution is -2.46. The molecular formula is C19H25N5O2. The number of morpholine rings is 1. The molecule has 2 aliphatic rings. The lowest BCUT2D eigenvalue weighted by atomic mass is 10.0. The van der Waals surface area contributed by atoms with Gasteiger partial charge in [-0.2, -0.15) is 0 Å². The zero-order valence-electron chi connectivity index (χ0n) is 15.0. The van der Waals surface area contributed by atoms with Crippen molar-refractivity contribution in [2.24, 2.45) is 0 Å². The minimum atomic E-state index is -0.0936. The normalized spacial score (nSPS) is 24.6. The molecule has 3 heterocycles. The van der Waals surface area contributed by atoms with Gasteiger partial charge in [0.1, 0.15) is 0 Å². The van der Waals surface area contributed by atoms with E-state index in [0.29, 0.717) is 24.9 Å². The van der Waals surface area contributed by atoms with E-state index in [1.54, 1.807) is 6.20 Å². The number of benzene rings is 1. The maximum atomic E-state index is 13.2. The molecule has 1 aromatic carbocycles. The summed E-state index contributed by atoms with van der Waals surface area (Å²) in [5.41, 5.74) is 1.50. The summed E-state index contributed by atoms with van der Waals surface area (Å²) in [7, 11) is 0. The van der Waals surface area contributed by atoms with E-state index < -0.39 is 0 Å². The molecule has 0 bridgehead atoms. The highest BCUT2D eigenvalue weighted by atomic mass is 16.5. The Bertz CT molecular complexity index is 741. The van der Waals surface area contributed by atoms with Crippen LogP contribution in [0.15, 0.2) is 36.5 Å². The second kappa shape index (κ2) is 7.55.